The van der Waals surface area contributed by atoms with Gasteiger partial charge in [-0.25, -0.2) is 19.9 Å². The predicted octanol–water partition coefficient (Wildman–Crippen LogP) is 8.86. The van der Waals surface area contributed by atoms with Gasteiger partial charge in [0.2, 0.25) is 23.7 Å². The van der Waals surface area contributed by atoms with Crippen molar-refractivity contribution in [3.05, 3.63) is 150 Å². The minimum atomic E-state index is -0.643. The molecule has 0 spiro atoms. The highest BCUT2D eigenvalue weighted by Crippen LogP contribution is 2.39. The van der Waals surface area contributed by atoms with Crippen molar-refractivity contribution >= 4 is 103 Å². The lowest BCUT2D eigenvalue weighted by Crippen LogP contribution is -2.36. The number of nitrogens with zero attached hydrogens (tertiary/aromatic N) is 8. The lowest BCUT2D eigenvalue weighted by atomic mass is 9.98. The molecule has 4 aromatic heterocycles. The normalized spacial score (nSPS) is 13.7. The highest BCUT2D eigenvalue weighted by atomic mass is 35.5. The molecule has 2 amide bonds. The Hall–Kier alpha value is -8.22. The minimum Gasteiger partial charge on any atom is -0.494 e. The van der Waals surface area contributed by atoms with E-state index in [9.17, 15) is 9.59 Å². The van der Waals surface area contributed by atoms with Crippen LogP contribution in [0.5, 0.6) is 5.75 Å². The summed E-state index contributed by atoms with van der Waals surface area (Å²) in [5.74, 6) is 0.288. The molecule has 19 heteroatoms. The molecular formula is C53H48Cl2N12O5. The Morgan fingerprint density at radius 1 is 0.708 bits per heavy atom. The average Bonchev–Trinajstić information content (AvgIpc) is 3.41. The number of aromatic nitrogens is 6. The molecule has 6 N–H and O–H groups in total. The topological polar surface area (TPSA) is 222 Å². The van der Waals surface area contributed by atoms with Gasteiger partial charge in [0.25, 0.3) is 0 Å². The summed E-state index contributed by atoms with van der Waals surface area (Å²) in [5.41, 5.74) is 19.5. The van der Waals surface area contributed by atoms with E-state index < -0.39 is 11.8 Å². The van der Waals surface area contributed by atoms with Crippen LogP contribution in [0.1, 0.15) is 11.1 Å². The van der Waals surface area contributed by atoms with E-state index in [1.54, 1.807) is 68.3 Å². The number of nitrogens with two attached hydrogens (primary N) is 2. The minimum absolute atomic E-state index is 0.133. The number of rotatable bonds is 13. The number of primary amides is 2. The molecule has 0 bridgehead atoms. The van der Waals surface area contributed by atoms with E-state index >= 15 is 0 Å². The van der Waals surface area contributed by atoms with Crippen molar-refractivity contribution in [3.63, 3.8) is 0 Å². The molecule has 2 fully saturated rings. The second-order valence-electron chi connectivity index (χ2n) is 16.4. The zero-order chi connectivity index (χ0) is 50.1. The van der Waals surface area contributed by atoms with Crippen molar-refractivity contribution in [3.8, 4) is 28.3 Å². The Balaban J connectivity index is 0.000000178. The number of pyridine rings is 2. The first-order valence-corrected chi connectivity index (χ1v) is 23.5. The van der Waals surface area contributed by atoms with Gasteiger partial charge >= 0.3 is 0 Å². The van der Waals surface area contributed by atoms with Crippen molar-refractivity contribution in [1.82, 2.24) is 29.9 Å². The number of ether oxygens (including phenoxy) is 3. The van der Waals surface area contributed by atoms with Gasteiger partial charge in [0.1, 0.15) is 5.75 Å². The summed E-state index contributed by atoms with van der Waals surface area (Å²) in [4.78, 5) is 55.0. The molecule has 0 saturated carbocycles. The number of benzene rings is 4. The maximum Gasteiger partial charge on any atom is 0.248 e. The van der Waals surface area contributed by atoms with Gasteiger partial charge < -0.3 is 46.1 Å². The summed E-state index contributed by atoms with van der Waals surface area (Å²) in [6.45, 7) is 10.1. The van der Waals surface area contributed by atoms with Crippen LogP contribution in [0, 0.1) is 0 Å². The van der Waals surface area contributed by atoms with Gasteiger partial charge in [-0.1, -0.05) is 35.8 Å². The summed E-state index contributed by atoms with van der Waals surface area (Å²) in [5, 5.41) is 9.05. The van der Waals surface area contributed by atoms with Gasteiger partial charge in [-0.2, -0.15) is 0 Å². The highest BCUT2D eigenvalue weighted by molar-refractivity contribution is 6.35. The molecule has 0 aliphatic carbocycles. The van der Waals surface area contributed by atoms with Gasteiger partial charge in [-0.3, -0.25) is 19.6 Å². The summed E-state index contributed by atoms with van der Waals surface area (Å²) < 4.78 is 16.5. The van der Waals surface area contributed by atoms with Crippen molar-refractivity contribution < 1.29 is 23.8 Å². The number of carbonyl (C=O) groups is 2. The highest BCUT2D eigenvalue weighted by Gasteiger charge is 2.21. The maximum absolute atomic E-state index is 11.9. The maximum atomic E-state index is 11.9. The zero-order valence-corrected chi connectivity index (χ0v) is 40.5. The van der Waals surface area contributed by atoms with Crippen molar-refractivity contribution in [2.75, 3.05) is 80.1 Å². The second-order valence-corrected chi connectivity index (χ2v) is 17.3. The molecule has 0 radical (unpaired) electrons. The average molecular weight is 1000 g/mol. The monoisotopic (exact) mass is 1000 g/mol. The Bertz CT molecular complexity index is 3350. The van der Waals surface area contributed by atoms with Gasteiger partial charge in [-0.15, -0.1) is 0 Å². The van der Waals surface area contributed by atoms with E-state index in [-0.39, 0.29) is 5.57 Å². The number of hydrogen-bond donors (Lipinski definition) is 4. The van der Waals surface area contributed by atoms with Crippen molar-refractivity contribution in [1.29, 1.82) is 0 Å². The number of carbonyl (C=O) groups excluding carboxylic acids is 2. The molecule has 2 aliphatic rings. The van der Waals surface area contributed by atoms with E-state index in [1.165, 1.54) is 6.08 Å². The number of fused-ring (bicyclic) bond motifs is 2. The molecule has 0 atom stereocenters. The molecule has 17 nitrogen and oxygen atoms in total. The third-order valence-electron chi connectivity index (χ3n) is 11.9. The van der Waals surface area contributed by atoms with Crippen LogP contribution >= 0.6 is 23.2 Å². The van der Waals surface area contributed by atoms with Crippen LogP contribution in [0.3, 0.4) is 0 Å². The van der Waals surface area contributed by atoms with Crippen LogP contribution < -0.4 is 36.6 Å². The first-order chi connectivity index (χ1) is 35.0. The molecule has 0 unspecified atom stereocenters. The number of hydrogen-bond acceptors (Lipinski definition) is 15. The number of morpholine rings is 2. The largest absolute Gasteiger partial charge is 0.494 e. The van der Waals surface area contributed by atoms with Crippen molar-refractivity contribution in [2.24, 2.45) is 11.5 Å². The lowest BCUT2D eigenvalue weighted by molar-refractivity contribution is -0.114. The summed E-state index contributed by atoms with van der Waals surface area (Å²) in [7, 11) is 1.62. The van der Waals surface area contributed by atoms with Crippen LogP contribution in [0.15, 0.2) is 128 Å². The molecule has 364 valence electrons. The Morgan fingerprint density at radius 2 is 1.32 bits per heavy atom. The molecule has 2 aliphatic heterocycles. The molecule has 10 rings (SSSR count). The molecule has 6 heterocycles. The van der Waals surface area contributed by atoms with Crippen LogP contribution in [0.25, 0.3) is 56.0 Å². The third kappa shape index (κ3) is 11.2. The number of methoxy groups -OCH3 is 1. The lowest BCUT2D eigenvalue weighted by Gasteiger charge is -2.29. The summed E-state index contributed by atoms with van der Waals surface area (Å²) >= 11 is 13.2. The summed E-state index contributed by atoms with van der Waals surface area (Å²) in [6.07, 6.45) is 9.66. The Kier molecular flexibility index (Phi) is 15.1. The fourth-order valence-electron chi connectivity index (χ4n) is 8.21. The van der Waals surface area contributed by atoms with Gasteiger partial charge in [0.05, 0.1) is 71.7 Å². The van der Waals surface area contributed by atoms with Crippen LogP contribution in [-0.4, -0.2) is 101 Å². The second kappa shape index (κ2) is 22.2. The first-order valence-electron chi connectivity index (χ1n) is 22.8. The number of amides is 2. The van der Waals surface area contributed by atoms with E-state index in [0.717, 1.165) is 72.8 Å². The fraction of sp³-hybridized carbons (Fsp3) is 0.170. The standard InChI is InChI=1S/C27H25ClN6O3.C26H23ClN6O2/c1-16(26(29)35)19-4-3-9-30-25(19)23-20(28)7-5-17-15-31-27(33-24(17)23)32-21-8-6-18(14-22(21)36-2)34-10-12-37-13-11-34;27-21-7-2-18-16-30-26(31-19-3-5-20(6-4-19)33-11-13-35-14-12-33)32-25(18)24(21)22-15-17(9-10-29-22)1-8-23(28)34/h3-9,14-15H,1,10-13H2,2H3,(H2,29,35)(H,31,32,33);1-10,15-16H,11-14H2,(H2,28,34)(H,30,31,32). The smallest absolute Gasteiger partial charge is 0.248 e. The van der Waals surface area contributed by atoms with E-state index in [2.05, 4.69) is 59.1 Å². The van der Waals surface area contributed by atoms with Gasteiger partial charge in [0.15, 0.2) is 0 Å². The molecule has 2 saturated heterocycles. The third-order valence-corrected chi connectivity index (χ3v) is 12.5. The Labute approximate surface area is 424 Å². The summed E-state index contributed by atoms with van der Waals surface area (Å²) in [6, 6.07) is 28.4. The molecule has 72 heavy (non-hydrogen) atoms. The quantitative estimate of drug-likeness (QED) is 0.0792. The van der Waals surface area contributed by atoms with Crippen LogP contribution in [0.2, 0.25) is 10.0 Å². The predicted molar refractivity (Wildman–Crippen MR) is 284 cm³/mol. The van der Waals surface area contributed by atoms with E-state index in [1.807, 2.05) is 48.5 Å². The number of anilines is 6. The van der Waals surface area contributed by atoms with Gasteiger partial charge in [0, 0.05) is 113 Å². The zero-order valence-electron chi connectivity index (χ0n) is 39.0. The van der Waals surface area contributed by atoms with E-state index in [0.29, 0.717) is 85.7 Å². The van der Waals surface area contributed by atoms with Crippen LogP contribution in [0.4, 0.5) is 34.6 Å². The van der Waals surface area contributed by atoms with Gasteiger partial charge in [-0.05, 0) is 90.5 Å². The fourth-order valence-corrected chi connectivity index (χ4v) is 8.70. The SMILES string of the molecule is C=C(C(N)=O)c1cccnc1-c1c(Cl)ccc2cnc(Nc3ccc(N4CCOCC4)cc3OC)nc12.NC(=O)C=Cc1ccnc(-c2c(Cl)ccc3cnc(Nc4ccc(N5CCOCC5)cc4)nc23)c1. The Morgan fingerprint density at radius 3 is 1.96 bits per heavy atom. The van der Waals surface area contributed by atoms with Crippen molar-refractivity contribution in [2.45, 2.75) is 0 Å². The molecular weight excluding hydrogens is 956 g/mol. The van der Waals surface area contributed by atoms with E-state index in [4.69, 9.17) is 58.8 Å². The van der Waals surface area contributed by atoms with Crippen LogP contribution in [-0.2, 0) is 19.1 Å². The number of halogens is 2. The first kappa shape index (κ1) is 48.8. The number of nitrogens with one attached hydrogen (secondary N) is 2. The molecule has 4 aromatic carbocycles. The molecule has 8 aromatic rings.